The van der Waals surface area contributed by atoms with E-state index in [0.717, 1.165) is 57.8 Å². The molecule has 65 heavy (non-hydrogen) atoms. The van der Waals surface area contributed by atoms with E-state index in [1.54, 1.807) is 6.08 Å². The van der Waals surface area contributed by atoms with Gasteiger partial charge in [-0.2, -0.15) is 0 Å². The molecule has 0 aromatic heterocycles. The molecule has 0 bridgehead atoms. The van der Waals surface area contributed by atoms with Crippen molar-refractivity contribution in [2.45, 2.75) is 249 Å². The third-order valence-electron chi connectivity index (χ3n) is 11.8. The molecule has 13 nitrogen and oxygen atoms in total. The number of aliphatic hydroxyl groups is 7. The van der Waals surface area contributed by atoms with Crippen molar-refractivity contribution in [1.29, 1.82) is 0 Å². The van der Waals surface area contributed by atoms with Gasteiger partial charge in [-0.1, -0.05) is 177 Å². The molecule has 378 valence electrons. The van der Waals surface area contributed by atoms with Gasteiger partial charge in [-0.05, 0) is 70.6 Å². The van der Waals surface area contributed by atoms with E-state index in [4.69, 9.17) is 9.05 Å². The summed E-state index contributed by atoms with van der Waals surface area (Å²) < 4.78 is 22.9. The molecule has 0 saturated heterocycles. The van der Waals surface area contributed by atoms with Gasteiger partial charge in [-0.15, -0.1) is 0 Å². The van der Waals surface area contributed by atoms with Gasteiger partial charge in [-0.3, -0.25) is 13.8 Å². The van der Waals surface area contributed by atoms with Crippen molar-refractivity contribution in [2.24, 2.45) is 0 Å². The molecule has 1 aliphatic carbocycles. The van der Waals surface area contributed by atoms with E-state index in [9.17, 15) is 50.0 Å². The fourth-order valence-corrected chi connectivity index (χ4v) is 8.64. The molecule has 0 aliphatic heterocycles. The summed E-state index contributed by atoms with van der Waals surface area (Å²) >= 11 is 0. The largest absolute Gasteiger partial charge is 0.472 e. The number of hydrogen-bond donors (Lipinski definition) is 9. The molecular formula is C51H92NO12P. The predicted octanol–water partition coefficient (Wildman–Crippen LogP) is 9.26. The summed E-state index contributed by atoms with van der Waals surface area (Å²) in [5, 5.41) is 74.6. The molecule has 0 aromatic rings. The quantitative estimate of drug-likeness (QED) is 0.0121. The second-order valence-corrected chi connectivity index (χ2v) is 19.3. The lowest BCUT2D eigenvalue weighted by Gasteiger charge is -2.41. The number of hydrogen-bond acceptors (Lipinski definition) is 11. The first-order chi connectivity index (χ1) is 31.3. The van der Waals surface area contributed by atoms with E-state index in [-0.39, 0.29) is 6.42 Å². The number of unbranched alkanes of at least 4 members (excludes halogenated alkanes) is 21. The zero-order valence-electron chi connectivity index (χ0n) is 40.1. The molecule has 1 saturated carbocycles. The Morgan fingerprint density at radius 1 is 0.554 bits per heavy atom. The summed E-state index contributed by atoms with van der Waals surface area (Å²) in [5.74, 6) is -0.613. The van der Waals surface area contributed by atoms with Crippen LogP contribution in [0.15, 0.2) is 60.8 Å². The van der Waals surface area contributed by atoms with E-state index in [1.165, 1.54) is 102 Å². The van der Waals surface area contributed by atoms with Crippen LogP contribution in [0.25, 0.3) is 0 Å². The highest BCUT2D eigenvalue weighted by atomic mass is 31.2. The topological polar surface area (TPSA) is 226 Å². The smallest absolute Gasteiger partial charge is 0.393 e. The molecular weight excluding hydrogens is 850 g/mol. The fraction of sp³-hybridized carbons (Fsp3) is 0.784. The number of nitrogens with one attached hydrogen (secondary N) is 1. The third-order valence-corrected chi connectivity index (χ3v) is 12.8. The summed E-state index contributed by atoms with van der Waals surface area (Å²) in [6.45, 7) is 3.70. The molecule has 0 aromatic carbocycles. The van der Waals surface area contributed by atoms with Gasteiger partial charge in [0.15, 0.2) is 0 Å². The second kappa shape index (κ2) is 39.9. The minimum Gasteiger partial charge on any atom is -0.393 e. The predicted molar refractivity (Wildman–Crippen MR) is 261 cm³/mol. The molecule has 0 spiro atoms. The van der Waals surface area contributed by atoms with Crippen LogP contribution >= 0.6 is 7.82 Å². The fourth-order valence-electron chi connectivity index (χ4n) is 7.67. The molecule has 1 rings (SSSR count). The van der Waals surface area contributed by atoms with Crippen molar-refractivity contribution < 1.29 is 59.0 Å². The van der Waals surface area contributed by atoms with Crippen LogP contribution < -0.4 is 5.32 Å². The first kappa shape index (κ1) is 61.0. The van der Waals surface area contributed by atoms with Gasteiger partial charge in [0.1, 0.15) is 36.6 Å². The molecule has 1 fully saturated rings. The highest BCUT2D eigenvalue weighted by Crippen LogP contribution is 2.47. The van der Waals surface area contributed by atoms with Gasteiger partial charge in [0, 0.05) is 0 Å². The summed E-state index contributed by atoms with van der Waals surface area (Å²) in [7, 11) is -5.16. The molecule has 8 unspecified atom stereocenters. The Morgan fingerprint density at radius 3 is 1.48 bits per heavy atom. The van der Waals surface area contributed by atoms with Crippen molar-refractivity contribution in [1.82, 2.24) is 5.32 Å². The number of carbonyl (C=O) groups is 1. The molecule has 1 amide bonds. The molecule has 0 radical (unpaired) electrons. The van der Waals surface area contributed by atoms with E-state index < -0.39 is 75.2 Å². The van der Waals surface area contributed by atoms with Crippen molar-refractivity contribution in [2.75, 3.05) is 6.61 Å². The maximum atomic E-state index is 13.0. The van der Waals surface area contributed by atoms with Crippen molar-refractivity contribution in [3.05, 3.63) is 60.8 Å². The van der Waals surface area contributed by atoms with Crippen molar-refractivity contribution in [3.8, 4) is 0 Å². The Morgan fingerprint density at radius 2 is 0.954 bits per heavy atom. The van der Waals surface area contributed by atoms with E-state index in [2.05, 4.69) is 67.8 Å². The van der Waals surface area contributed by atoms with Gasteiger partial charge in [0.25, 0.3) is 0 Å². The molecule has 0 heterocycles. The Hall–Kier alpha value is -2.00. The number of carbonyl (C=O) groups excluding carboxylic acids is 1. The first-order valence-electron chi connectivity index (χ1n) is 25.3. The standard InChI is InChI=1S/C51H92NO12P/c1-3-5-7-9-11-13-15-17-19-21-23-25-27-29-31-33-35-37-39-44(54)43(41-63-65(61,62)64-51-49(59)47(57)46(56)48(58)50(51)60)52-45(55)40-42(53)38-36-34-32-30-28-26-24-22-20-18-16-14-12-10-8-6-4-2/h12,14,16,18,21,23,29,31,37,39,42-44,46-51,53-54,56-60H,3-11,13,15,17,19-20,22,24-28,30,32-36,38,40-41H2,1-2H3,(H,52,55)(H,61,62)/b14-12-,18-16-,23-21+,31-29+,39-37+. The lowest BCUT2D eigenvalue weighted by atomic mass is 9.85. The number of amides is 1. The highest BCUT2D eigenvalue weighted by Gasteiger charge is 2.51. The molecule has 8 atom stereocenters. The minimum absolute atomic E-state index is 0.263. The number of allylic oxidation sites excluding steroid dienone is 9. The van der Waals surface area contributed by atoms with Gasteiger partial charge in [-0.25, -0.2) is 4.57 Å². The van der Waals surface area contributed by atoms with Gasteiger partial charge < -0.3 is 46.0 Å². The summed E-state index contributed by atoms with van der Waals surface area (Å²) in [4.78, 5) is 23.5. The Kier molecular flexibility index (Phi) is 37.5. The summed E-state index contributed by atoms with van der Waals surface area (Å²) in [6.07, 6.45) is 35.8. The third kappa shape index (κ3) is 31.6. The summed E-state index contributed by atoms with van der Waals surface area (Å²) in [6, 6.07) is -1.27. The van der Waals surface area contributed by atoms with Crippen LogP contribution in [0.1, 0.15) is 194 Å². The Bertz CT molecular complexity index is 1340. The zero-order valence-corrected chi connectivity index (χ0v) is 41.0. The molecule has 9 N–H and O–H groups in total. The lowest BCUT2D eigenvalue weighted by Crippen LogP contribution is -2.64. The Balaban J connectivity index is 2.55. The van der Waals surface area contributed by atoms with Crippen LogP contribution in [0.5, 0.6) is 0 Å². The lowest BCUT2D eigenvalue weighted by molar-refractivity contribution is -0.220. The van der Waals surface area contributed by atoms with Gasteiger partial charge >= 0.3 is 7.82 Å². The number of phosphoric ester groups is 1. The van der Waals surface area contributed by atoms with Crippen LogP contribution in [0.3, 0.4) is 0 Å². The van der Waals surface area contributed by atoms with Crippen LogP contribution in [0, 0.1) is 0 Å². The van der Waals surface area contributed by atoms with Crippen molar-refractivity contribution in [3.63, 3.8) is 0 Å². The zero-order chi connectivity index (χ0) is 48.0. The molecule has 1 aliphatic rings. The van der Waals surface area contributed by atoms with E-state index in [1.807, 2.05) is 0 Å². The normalized spacial score (nSPS) is 23.0. The van der Waals surface area contributed by atoms with Crippen molar-refractivity contribution >= 4 is 13.7 Å². The SMILES string of the molecule is CCCCC/C=C\C=C/CCCCCCCCCCC(O)CC(=O)NC(COP(=O)(O)OC1C(O)C(O)C(O)C(O)C1O)C(O)/C=C/CC/C=C/CC/C=C/CCCCCCCCCC. The average molecular weight is 942 g/mol. The minimum atomic E-state index is -5.16. The van der Waals surface area contributed by atoms with Crippen LogP contribution in [-0.4, -0.2) is 108 Å². The number of rotatable bonds is 41. The van der Waals surface area contributed by atoms with E-state index in [0.29, 0.717) is 19.3 Å². The van der Waals surface area contributed by atoms with E-state index >= 15 is 0 Å². The Labute approximate surface area is 392 Å². The van der Waals surface area contributed by atoms with Crippen LogP contribution in [-0.2, 0) is 18.4 Å². The number of aliphatic hydroxyl groups excluding tert-OH is 7. The van der Waals surface area contributed by atoms with Crippen LogP contribution in [0.2, 0.25) is 0 Å². The molecule has 14 heteroatoms. The maximum Gasteiger partial charge on any atom is 0.472 e. The second-order valence-electron chi connectivity index (χ2n) is 17.9. The first-order valence-corrected chi connectivity index (χ1v) is 26.8. The van der Waals surface area contributed by atoms with Gasteiger partial charge in [0.2, 0.25) is 5.91 Å². The van der Waals surface area contributed by atoms with Gasteiger partial charge in [0.05, 0.1) is 31.3 Å². The van der Waals surface area contributed by atoms with Crippen LogP contribution in [0.4, 0.5) is 0 Å². The average Bonchev–Trinajstić information content (AvgIpc) is 3.28. The monoisotopic (exact) mass is 942 g/mol. The maximum absolute atomic E-state index is 13.0. The highest BCUT2D eigenvalue weighted by molar-refractivity contribution is 7.47. The summed E-state index contributed by atoms with van der Waals surface area (Å²) in [5.41, 5.74) is 0. The number of phosphoric acid groups is 1.